The summed E-state index contributed by atoms with van der Waals surface area (Å²) in [4.78, 5) is 33.2. The molecule has 2 N–H and O–H groups in total. The topological polar surface area (TPSA) is 87.5 Å². The molecule has 0 spiro atoms. The Balaban J connectivity index is 1.47. The summed E-state index contributed by atoms with van der Waals surface area (Å²) in [6, 6.07) is 12.7. The Labute approximate surface area is 219 Å². The van der Waals surface area contributed by atoms with E-state index in [9.17, 15) is 14.7 Å². The van der Waals surface area contributed by atoms with Gasteiger partial charge in [0.25, 0.3) is 0 Å². The van der Waals surface area contributed by atoms with Crippen LogP contribution < -0.4 is 10.7 Å². The lowest BCUT2D eigenvalue weighted by atomic mass is 10.1. The zero-order valence-corrected chi connectivity index (χ0v) is 22.1. The number of aliphatic hydroxyl groups excluding tert-OH is 1. The Kier molecular flexibility index (Phi) is 8.21. The number of benzene rings is 1. The van der Waals surface area contributed by atoms with E-state index < -0.39 is 6.10 Å². The predicted octanol–water partition coefficient (Wildman–Crippen LogP) is 3.98. The van der Waals surface area contributed by atoms with Crippen molar-refractivity contribution >= 4 is 39.1 Å². The molecule has 188 valence electrons. The van der Waals surface area contributed by atoms with Crippen molar-refractivity contribution in [3.8, 4) is 0 Å². The number of amides is 1. The largest absolute Gasteiger partial charge is 0.385 e. The molecule has 4 aromatic rings. The van der Waals surface area contributed by atoms with Gasteiger partial charge in [0.2, 0.25) is 11.3 Å². The van der Waals surface area contributed by atoms with Gasteiger partial charge in [-0.15, -0.1) is 11.3 Å². The average Bonchev–Trinajstić information content (AvgIpc) is 3.18. The van der Waals surface area contributed by atoms with Crippen LogP contribution in [-0.2, 0) is 31.4 Å². The van der Waals surface area contributed by atoms with Gasteiger partial charge in [-0.05, 0) is 49.4 Å². The number of aryl methyl sites for hydroxylation is 2. The summed E-state index contributed by atoms with van der Waals surface area (Å²) >= 11 is 7.36. The Morgan fingerprint density at radius 1 is 1.25 bits per heavy atom. The second kappa shape index (κ2) is 11.3. The minimum Gasteiger partial charge on any atom is -0.385 e. The molecule has 0 bridgehead atoms. The van der Waals surface area contributed by atoms with E-state index in [-0.39, 0.29) is 17.8 Å². The summed E-state index contributed by atoms with van der Waals surface area (Å²) in [5.41, 5.74) is 3.83. The highest BCUT2D eigenvalue weighted by atomic mass is 35.5. The fourth-order valence-corrected chi connectivity index (χ4v) is 5.74. The molecule has 0 saturated heterocycles. The molecule has 7 nitrogen and oxygen atoms in total. The smallest absolute Gasteiger partial charge is 0.224 e. The van der Waals surface area contributed by atoms with Crippen molar-refractivity contribution in [1.29, 1.82) is 0 Å². The highest BCUT2D eigenvalue weighted by Crippen LogP contribution is 2.30. The van der Waals surface area contributed by atoms with Crippen LogP contribution in [0.15, 0.2) is 59.7 Å². The van der Waals surface area contributed by atoms with Crippen LogP contribution in [0.2, 0.25) is 5.02 Å². The monoisotopic (exact) mass is 524 g/mol. The Hall–Kier alpha value is -3.04. The molecule has 36 heavy (non-hydrogen) atoms. The lowest BCUT2D eigenvalue weighted by Gasteiger charge is -2.20. The van der Waals surface area contributed by atoms with Gasteiger partial charge in [-0.3, -0.25) is 19.5 Å². The van der Waals surface area contributed by atoms with Crippen LogP contribution in [0.25, 0.3) is 10.2 Å². The molecule has 0 aliphatic carbocycles. The standard InChI is InChI=1S/C27H29ClN4O3S/c1-17-23(16-31(2)15-22(33)21-6-4-5-11-29-21)36-27-25(17)32(3)14-19(26(27)35)12-24(34)30-13-18-7-9-20(28)10-8-18/h4-11,14,22,33H,12-13,15-16H2,1-3H3,(H,30,34). The molecule has 0 radical (unpaired) electrons. The van der Waals surface area contributed by atoms with Crippen LogP contribution in [0, 0.1) is 6.92 Å². The third kappa shape index (κ3) is 6.02. The van der Waals surface area contributed by atoms with E-state index in [1.165, 1.54) is 11.3 Å². The third-order valence-electron chi connectivity index (χ3n) is 6.10. The van der Waals surface area contributed by atoms with E-state index in [2.05, 4.69) is 10.3 Å². The number of carbonyl (C=O) groups is 1. The average molecular weight is 525 g/mol. The van der Waals surface area contributed by atoms with E-state index in [0.717, 1.165) is 21.5 Å². The number of fused-ring (bicyclic) bond motifs is 1. The molecule has 1 atom stereocenters. The fourth-order valence-electron chi connectivity index (χ4n) is 4.22. The van der Waals surface area contributed by atoms with Gasteiger partial charge < -0.3 is 15.0 Å². The number of aliphatic hydroxyl groups is 1. The van der Waals surface area contributed by atoms with Crippen LogP contribution in [0.1, 0.15) is 33.4 Å². The third-order valence-corrected chi connectivity index (χ3v) is 7.61. The molecular weight excluding hydrogens is 496 g/mol. The Morgan fingerprint density at radius 3 is 2.69 bits per heavy atom. The molecule has 9 heteroatoms. The molecule has 0 fully saturated rings. The molecule has 4 rings (SSSR count). The van der Waals surface area contributed by atoms with Crippen molar-refractivity contribution in [3.63, 3.8) is 0 Å². The van der Waals surface area contributed by atoms with Crippen LogP contribution >= 0.6 is 22.9 Å². The zero-order chi connectivity index (χ0) is 25.8. The second-order valence-electron chi connectivity index (χ2n) is 8.97. The number of rotatable bonds is 9. The van der Waals surface area contributed by atoms with Gasteiger partial charge in [-0.1, -0.05) is 29.8 Å². The van der Waals surface area contributed by atoms with E-state index in [4.69, 9.17) is 11.6 Å². The molecule has 1 amide bonds. The van der Waals surface area contributed by atoms with Crippen LogP contribution in [0.3, 0.4) is 0 Å². The Morgan fingerprint density at radius 2 is 2.00 bits per heavy atom. The van der Waals surface area contributed by atoms with Gasteiger partial charge >= 0.3 is 0 Å². The number of thiophene rings is 1. The van der Waals surface area contributed by atoms with Crippen molar-refractivity contribution in [2.45, 2.75) is 32.5 Å². The molecule has 0 aliphatic rings. The quantitative estimate of drug-likeness (QED) is 0.346. The zero-order valence-electron chi connectivity index (χ0n) is 20.5. The molecule has 0 saturated carbocycles. The number of likely N-dealkylation sites (N-methyl/N-ethyl adjacent to an activating group) is 1. The van der Waals surface area contributed by atoms with Gasteiger partial charge in [0, 0.05) is 54.5 Å². The van der Waals surface area contributed by atoms with Gasteiger partial charge in [0.05, 0.1) is 22.3 Å². The first-order valence-electron chi connectivity index (χ1n) is 11.6. The summed E-state index contributed by atoms with van der Waals surface area (Å²) in [5, 5.41) is 14.0. The van der Waals surface area contributed by atoms with Crippen molar-refractivity contribution in [2.75, 3.05) is 13.6 Å². The first kappa shape index (κ1) is 26.0. The van der Waals surface area contributed by atoms with E-state index in [1.54, 1.807) is 30.6 Å². The number of aromatic nitrogens is 2. The number of carbonyl (C=O) groups excluding carboxylic acids is 1. The summed E-state index contributed by atoms with van der Waals surface area (Å²) in [7, 11) is 3.83. The second-order valence-corrected chi connectivity index (χ2v) is 10.5. The molecule has 1 aromatic carbocycles. The summed E-state index contributed by atoms with van der Waals surface area (Å²) in [5.74, 6) is -0.210. The van der Waals surface area contributed by atoms with Gasteiger partial charge in [-0.2, -0.15) is 0 Å². The number of hydrogen-bond donors (Lipinski definition) is 2. The lowest BCUT2D eigenvalue weighted by Crippen LogP contribution is -2.27. The van der Waals surface area contributed by atoms with Crippen LogP contribution in [0.4, 0.5) is 0 Å². The SMILES string of the molecule is Cc1c(CN(C)CC(O)c2ccccn2)sc2c(=O)c(CC(=O)NCc3ccc(Cl)cc3)cn(C)c12. The van der Waals surface area contributed by atoms with Crippen molar-refractivity contribution in [2.24, 2.45) is 7.05 Å². The first-order chi connectivity index (χ1) is 17.2. The number of pyridine rings is 2. The van der Waals surface area contributed by atoms with Crippen LogP contribution in [0.5, 0.6) is 0 Å². The van der Waals surface area contributed by atoms with Crippen molar-refractivity contribution in [1.82, 2.24) is 19.8 Å². The van der Waals surface area contributed by atoms with E-state index >= 15 is 0 Å². The molecule has 3 aromatic heterocycles. The predicted molar refractivity (Wildman–Crippen MR) is 144 cm³/mol. The maximum absolute atomic E-state index is 13.3. The fraction of sp³-hybridized carbons (Fsp3) is 0.296. The van der Waals surface area contributed by atoms with E-state index in [0.29, 0.717) is 40.6 Å². The van der Waals surface area contributed by atoms with Gasteiger partial charge in [0.15, 0.2) is 0 Å². The van der Waals surface area contributed by atoms with Gasteiger partial charge in [-0.25, -0.2) is 0 Å². The van der Waals surface area contributed by atoms with Crippen molar-refractivity contribution in [3.05, 3.63) is 97.4 Å². The highest BCUT2D eigenvalue weighted by Gasteiger charge is 2.19. The number of halogens is 1. The number of nitrogens with one attached hydrogen (secondary N) is 1. The van der Waals surface area contributed by atoms with Crippen molar-refractivity contribution < 1.29 is 9.90 Å². The number of nitrogens with zero attached hydrogens (tertiary/aromatic N) is 3. The summed E-state index contributed by atoms with van der Waals surface area (Å²) in [6.45, 7) is 3.39. The molecule has 1 unspecified atom stereocenters. The first-order valence-corrected chi connectivity index (χ1v) is 12.8. The van der Waals surface area contributed by atoms with Gasteiger partial charge in [0.1, 0.15) is 6.10 Å². The maximum atomic E-state index is 13.3. The maximum Gasteiger partial charge on any atom is 0.224 e. The van der Waals surface area contributed by atoms with E-state index in [1.807, 2.05) is 54.8 Å². The normalized spacial score (nSPS) is 12.3. The minimum atomic E-state index is -0.699. The minimum absolute atomic E-state index is 0.0126. The summed E-state index contributed by atoms with van der Waals surface area (Å²) < 4.78 is 2.57. The highest BCUT2D eigenvalue weighted by molar-refractivity contribution is 7.19. The Bertz CT molecular complexity index is 1420. The molecular formula is C27H29ClN4O3S. The summed E-state index contributed by atoms with van der Waals surface area (Å²) in [6.07, 6.45) is 2.73. The number of hydrogen-bond acceptors (Lipinski definition) is 6. The molecule has 3 heterocycles. The lowest BCUT2D eigenvalue weighted by molar-refractivity contribution is -0.120. The van der Waals surface area contributed by atoms with Crippen LogP contribution in [-0.4, -0.2) is 39.1 Å². The molecule has 0 aliphatic heterocycles.